The quantitative estimate of drug-likeness (QED) is 0.852. The van der Waals surface area contributed by atoms with Crippen molar-refractivity contribution in [3.05, 3.63) is 17.3 Å². The molecule has 0 amide bonds. The molecule has 0 unspecified atom stereocenters. The average Bonchev–Trinajstić information content (AvgIpc) is 2.58. The zero-order valence-electron chi connectivity index (χ0n) is 14.5. The van der Waals surface area contributed by atoms with Gasteiger partial charge in [0.1, 0.15) is 0 Å². The Bertz CT molecular complexity index is 478. The van der Waals surface area contributed by atoms with Crippen LogP contribution in [0.3, 0.4) is 0 Å². The van der Waals surface area contributed by atoms with E-state index in [1.807, 2.05) is 0 Å². The second kappa shape index (κ2) is 11.1. The number of anilines is 1. The van der Waals surface area contributed by atoms with E-state index in [0.29, 0.717) is 5.92 Å². The smallest absolute Gasteiger partial charge is 0.151 e. The Balaban J connectivity index is 0.00000144. The molecule has 1 N–H and O–H groups in total. The van der Waals surface area contributed by atoms with Crippen LogP contribution in [-0.2, 0) is 4.74 Å². The highest BCUT2D eigenvalue weighted by atomic mass is 35.5. The molecule has 1 saturated carbocycles. The molecule has 138 valence electrons. The van der Waals surface area contributed by atoms with E-state index in [1.165, 1.54) is 43.4 Å². The molecule has 0 bridgehead atoms. The third-order valence-corrected chi connectivity index (χ3v) is 4.85. The minimum absolute atomic E-state index is 0. The number of hydrogen-bond donors (Lipinski definition) is 1. The molecule has 2 fully saturated rings. The van der Waals surface area contributed by atoms with Crippen molar-refractivity contribution >= 4 is 30.6 Å². The Kier molecular flexibility index (Phi) is 9.89. The van der Waals surface area contributed by atoms with Gasteiger partial charge in [0.15, 0.2) is 5.82 Å². The first-order valence-corrected chi connectivity index (χ1v) is 8.71. The first-order valence-electron chi connectivity index (χ1n) is 8.71. The van der Waals surface area contributed by atoms with Crippen molar-refractivity contribution in [2.45, 2.75) is 44.9 Å². The number of ether oxygens (including phenoxy) is 1. The number of nitrogens with one attached hydrogen (secondary N) is 1. The van der Waals surface area contributed by atoms with Crippen molar-refractivity contribution in [3.63, 3.8) is 0 Å². The van der Waals surface area contributed by atoms with Gasteiger partial charge in [-0.05, 0) is 31.4 Å². The minimum Gasteiger partial charge on any atom is -0.379 e. The van der Waals surface area contributed by atoms with Crippen LogP contribution in [0.1, 0.15) is 49.3 Å². The number of morpholine rings is 1. The van der Waals surface area contributed by atoms with E-state index in [2.05, 4.69) is 33.4 Å². The van der Waals surface area contributed by atoms with Crippen molar-refractivity contribution in [1.29, 1.82) is 0 Å². The van der Waals surface area contributed by atoms with E-state index >= 15 is 0 Å². The molecule has 24 heavy (non-hydrogen) atoms. The summed E-state index contributed by atoms with van der Waals surface area (Å²) in [4.78, 5) is 2.43. The number of aryl methyl sites for hydroxylation is 1. The normalized spacial score (nSPS) is 19.2. The van der Waals surface area contributed by atoms with Crippen LogP contribution in [0, 0.1) is 6.92 Å². The average molecular weight is 377 g/mol. The van der Waals surface area contributed by atoms with Crippen molar-refractivity contribution < 1.29 is 4.74 Å². The molecular weight excluding hydrogens is 347 g/mol. The van der Waals surface area contributed by atoms with Crippen LogP contribution in [0.15, 0.2) is 6.07 Å². The lowest BCUT2D eigenvalue weighted by Gasteiger charge is -2.26. The maximum absolute atomic E-state index is 5.37. The lowest BCUT2D eigenvalue weighted by molar-refractivity contribution is 0.0398. The van der Waals surface area contributed by atoms with Crippen LogP contribution in [-0.4, -0.2) is 54.5 Å². The predicted molar refractivity (Wildman–Crippen MR) is 103 cm³/mol. The molecule has 1 saturated heterocycles. The third kappa shape index (κ3) is 6.03. The van der Waals surface area contributed by atoms with Crippen molar-refractivity contribution in [2.75, 3.05) is 44.7 Å². The molecule has 1 aliphatic carbocycles. The van der Waals surface area contributed by atoms with Gasteiger partial charge in [0, 0.05) is 32.1 Å². The lowest BCUT2D eigenvalue weighted by Crippen LogP contribution is -2.39. The zero-order valence-corrected chi connectivity index (χ0v) is 16.1. The second-order valence-corrected chi connectivity index (χ2v) is 6.52. The second-order valence-electron chi connectivity index (χ2n) is 6.52. The molecule has 3 rings (SSSR count). The first kappa shape index (κ1) is 21.4. The predicted octanol–water partition coefficient (Wildman–Crippen LogP) is 3.42. The number of nitrogens with zero attached hydrogens (tertiary/aromatic N) is 3. The summed E-state index contributed by atoms with van der Waals surface area (Å²) >= 11 is 0. The Hall–Kier alpha value is -0.620. The van der Waals surface area contributed by atoms with Gasteiger partial charge >= 0.3 is 0 Å². The van der Waals surface area contributed by atoms with Crippen LogP contribution < -0.4 is 5.32 Å². The Morgan fingerprint density at radius 1 is 1.12 bits per heavy atom. The van der Waals surface area contributed by atoms with Crippen LogP contribution >= 0.6 is 24.8 Å². The van der Waals surface area contributed by atoms with Crippen molar-refractivity contribution in [1.82, 2.24) is 15.1 Å². The molecule has 7 heteroatoms. The Labute approximate surface area is 157 Å². The van der Waals surface area contributed by atoms with Gasteiger partial charge in [-0.25, -0.2) is 0 Å². The van der Waals surface area contributed by atoms with Gasteiger partial charge in [0.05, 0.1) is 18.9 Å². The molecule has 1 aliphatic heterocycles. The molecular formula is C17H30Cl2N4O. The van der Waals surface area contributed by atoms with E-state index < -0.39 is 0 Å². The number of rotatable bonds is 5. The summed E-state index contributed by atoms with van der Waals surface area (Å²) in [5, 5.41) is 12.3. The van der Waals surface area contributed by atoms with Gasteiger partial charge in [0.2, 0.25) is 0 Å². The molecule has 1 aromatic rings. The maximum atomic E-state index is 5.37. The monoisotopic (exact) mass is 376 g/mol. The standard InChI is InChI=1S/C17H28N4O.2ClH/c1-14-13-16(15-5-3-2-4-6-15)19-20-17(14)18-7-8-21-9-11-22-12-10-21;;/h13,15H,2-12H2,1H3,(H,18,20);2*1H. The van der Waals surface area contributed by atoms with Gasteiger partial charge in [-0.3, -0.25) is 4.90 Å². The van der Waals surface area contributed by atoms with Crippen LogP contribution in [0.5, 0.6) is 0 Å². The summed E-state index contributed by atoms with van der Waals surface area (Å²) in [5.41, 5.74) is 2.41. The maximum Gasteiger partial charge on any atom is 0.151 e. The highest BCUT2D eigenvalue weighted by Crippen LogP contribution is 2.32. The topological polar surface area (TPSA) is 50.3 Å². The molecule has 0 radical (unpaired) electrons. The summed E-state index contributed by atoms with van der Waals surface area (Å²) in [6.07, 6.45) is 6.61. The van der Waals surface area contributed by atoms with Gasteiger partial charge in [0.25, 0.3) is 0 Å². The lowest BCUT2D eigenvalue weighted by atomic mass is 9.86. The van der Waals surface area contributed by atoms with Gasteiger partial charge in [-0.2, -0.15) is 5.10 Å². The molecule has 2 aliphatic rings. The summed E-state index contributed by atoms with van der Waals surface area (Å²) < 4.78 is 5.37. The summed E-state index contributed by atoms with van der Waals surface area (Å²) in [5.74, 6) is 1.56. The van der Waals surface area contributed by atoms with E-state index in [-0.39, 0.29) is 24.8 Å². The highest BCUT2D eigenvalue weighted by Gasteiger charge is 2.18. The molecule has 5 nitrogen and oxygen atoms in total. The van der Waals surface area contributed by atoms with E-state index in [0.717, 1.165) is 45.2 Å². The van der Waals surface area contributed by atoms with Crippen LogP contribution in [0.4, 0.5) is 5.82 Å². The van der Waals surface area contributed by atoms with Crippen molar-refractivity contribution in [3.8, 4) is 0 Å². The van der Waals surface area contributed by atoms with Crippen LogP contribution in [0.2, 0.25) is 0 Å². The summed E-state index contributed by atoms with van der Waals surface area (Å²) in [7, 11) is 0. The Morgan fingerprint density at radius 2 is 1.83 bits per heavy atom. The molecule has 1 aromatic heterocycles. The third-order valence-electron chi connectivity index (χ3n) is 4.85. The fraction of sp³-hybridized carbons (Fsp3) is 0.765. The van der Waals surface area contributed by atoms with Gasteiger partial charge in [-0.15, -0.1) is 29.9 Å². The minimum atomic E-state index is 0. The van der Waals surface area contributed by atoms with Crippen molar-refractivity contribution in [2.24, 2.45) is 0 Å². The SMILES string of the molecule is Cc1cc(C2CCCCC2)nnc1NCCN1CCOCC1.Cl.Cl. The van der Waals surface area contributed by atoms with Crippen LogP contribution in [0.25, 0.3) is 0 Å². The fourth-order valence-electron chi connectivity index (χ4n) is 3.44. The van der Waals surface area contributed by atoms with Gasteiger partial charge in [-0.1, -0.05) is 19.3 Å². The Morgan fingerprint density at radius 3 is 2.50 bits per heavy atom. The van der Waals surface area contributed by atoms with E-state index in [1.54, 1.807) is 0 Å². The van der Waals surface area contributed by atoms with Gasteiger partial charge < -0.3 is 10.1 Å². The molecule has 0 aromatic carbocycles. The number of aromatic nitrogens is 2. The molecule has 0 atom stereocenters. The number of hydrogen-bond acceptors (Lipinski definition) is 5. The highest BCUT2D eigenvalue weighted by molar-refractivity contribution is 5.85. The zero-order chi connectivity index (χ0) is 15.2. The summed E-state index contributed by atoms with van der Waals surface area (Å²) in [6, 6.07) is 2.24. The fourth-order valence-corrected chi connectivity index (χ4v) is 3.44. The first-order chi connectivity index (χ1) is 10.8. The summed E-state index contributed by atoms with van der Waals surface area (Å²) in [6.45, 7) is 7.87. The molecule has 2 heterocycles. The number of halogens is 2. The molecule has 0 spiro atoms. The van der Waals surface area contributed by atoms with E-state index in [9.17, 15) is 0 Å². The van der Waals surface area contributed by atoms with E-state index in [4.69, 9.17) is 4.74 Å². The largest absolute Gasteiger partial charge is 0.379 e.